The molecule has 0 N–H and O–H groups in total. The third-order valence-electron chi connectivity index (χ3n) is 2.35. The van der Waals surface area contributed by atoms with Crippen LogP contribution in [0.3, 0.4) is 0 Å². The molecule has 3 nitrogen and oxygen atoms in total. The standard InChI is InChI=1S/C12H14O3/c1-2-14-12(13)10-8-11(10)15-9-6-4-3-5-7-9/h3-7,10-11H,2,8H2,1H3/t10-,11+/m1/s1. The number of rotatable bonds is 4. The molecule has 0 bridgehead atoms. The zero-order chi connectivity index (χ0) is 10.7. The van der Waals surface area contributed by atoms with E-state index in [1.54, 1.807) is 0 Å². The fraction of sp³-hybridized carbons (Fsp3) is 0.417. The van der Waals surface area contributed by atoms with Crippen molar-refractivity contribution in [3.63, 3.8) is 0 Å². The first-order chi connectivity index (χ1) is 7.31. The molecule has 0 unspecified atom stereocenters. The summed E-state index contributed by atoms with van der Waals surface area (Å²) in [6.07, 6.45) is 0.778. The minimum Gasteiger partial charge on any atom is -0.490 e. The van der Waals surface area contributed by atoms with Crippen molar-refractivity contribution >= 4 is 5.97 Å². The molecular weight excluding hydrogens is 192 g/mol. The van der Waals surface area contributed by atoms with Crippen molar-refractivity contribution in [3.8, 4) is 5.75 Å². The van der Waals surface area contributed by atoms with Crippen LogP contribution in [-0.2, 0) is 9.53 Å². The Morgan fingerprint density at radius 3 is 2.80 bits per heavy atom. The van der Waals surface area contributed by atoms with Crippen molar-refractivity contribution in [3.05, 3.63) is 30.3 Å². The number of hydrogen-bond donors (Lipinski definition) is 0. The van der Waals surface area contributed by atoms with Gasteiger partial charge in [-0.05, 0) is 19.1 Å². The summed E-state index contributed by atoms with van der Waals surface area (Å²) in [6, 6.07) is 9.54. The van der Waals surface area contributed by atoms with Gasteiger partial charge in [0, 0.05) is 6.42 Å². The van der Waals surface area contributed by atoms with Gasteiger partial charge in [0.25, 0.3) is 0 Å². The molecule has 0 heterocycles. The van der Waals surface area contributed by atoms with Crippen molar-refractivity contribution in [1.29, 1.82) is 0 Å². The topological polar surface area (TPSA) is 35.5 Å². The van der Waals surface area contributed by atoms with E-state index in [2.05, 4.69) is 0 Å². The maximum atomic E-state index is 11.3. The number of ether oxygens (including phenoxy) is 2. The predicted octanol–water partition coefficient (Wildman–Crippen LogP) is 2.02. The van der Waals surface area contributed by atoms with Gasteiger partial charge in [0.15, 0.2) is 0 Å². The number of carbonyl (C=O) groups excluding carboxylic acids is 1. The van der Waals surface area contributed by atoms with E-state index < -0.39 is 0 Å². The molecule has 0 aliphatic heterocycles. The zero-order valence-corrected chi connectivity index (χ0v) is 8.68. The number of hydrogen-bond acceptors (Lipinski definition) is 3. The summed E-state index contributed by atoms with van der Waals surface area (Å²) < 4.78 is 10.5. The molecule has 15 heavy (non-hydrogen) atoms. The average Bonchev–Trinajstić information content (AvgIpc) is 2.99. The third-order valence-corrected chi connectivity index (χ3v) is 2.35. The minimum absolute atomic E-state index is 0.00597. The van der Waals surface area contributed by atoms with Gasteiger partial charge in [0.05, 0.1) is 12.5 Å². The van der Waals surface area contributed by atoms with Gasteiger partial charge < -0.3 is 9.47 Å². The number of esters is 1. The summed E-state index contributed by atoms with van der Waals surface area (Å²) in [4.78, 5) is 11.3. The lowest BCUT2D eigenvalue weighted by Gasteiger charge is -2.04. The molecule has 80 valence electrons. The van der Waals surface area contributed by atoms with Crippen LogP contribution in [0.2, 0.25) is 0 Å². The highest BCUT2D eigenvalue weighted by atomic mass is 16.5. The maximum Gasteiger partial charge on any atom is 0.312 e. The van der Waals surface area contributed by atoms with Crippen molar-refractivity contribution in [1.82, 2.24) is 0 Å². The van der Waals surface area contributed by atoms with E-state index in [0.29, 0.717) is 6.61 Å². The van der Waals surface area contributed by atoms with Crippen molar-refractivity contribution in [2.24, 2.45) is 5.92 Å². The number of carbonyl (C=O) groups is 1. The summed E-state index contributed by atoms with van der Waals surface area (Å²) >= 11 is 0. The Labute approximate surface area is 89.0 Å². The smallest absolute Gasteiger partial charge is 0.312 e. The van der Waals surface area contributed by atoms with Crippen molar-refractivity contribution in [2.75, 3.05) is 6.61 Å². The van der Waals surface area contributed by atoms with Gasteiger partial charge in [-0.15, -0.1) is 0 Å². The highest BCUT2D eigenvalue weighted by Gasteiger charge is 2.46. The van der Waals surface area contributed by atoms with Gasteiger partial charge in [-0.1, -0.05) is 18.2 Å². The average molecular weight is 206 g/mol. The molecule has 1 fully saturated rings. The normalized spacial score (nSPS) is 23.3. The predicted molar refractivity (Wildman–Crippen MR) is 55.6 cm³/mol. The highest BCUT2D eigenvalue weighted by molar-refractivity contribution is 5.76. The zero-order valence-electron chi connectivity index (χ0n) is 8.68. The van der Waals surface area contributed by atoms with E-state index in [1.807, 2.05) is 37.3 Å². The molecule has 3 heteroatoms. The molecule has 2 rings (SSSR count). The fourth-order valence-electron chi connectivity index (χ4n) is 1.47. The molecule has 0 spiro atoms. The number of para-hydroxylation sites is 1. The third kappa shape index (κ3) is 2.49. The Morgan fingerprint density at radius 2 is 2.13 bits per heavy atom. The summed E-state index contributed by atoms with van der Waals surface area (Å²) in [5.41, 5.74) is 0. The van der Waals surface area contributed by atoms with Crippen molar-refractivity contribution in [2.45, 2.75) is 19.4 Å². The quantitative estimate of drug-likeness (QED) is 0.707. The molecule has 1 aliphatic rings. The van der Waals surface area contributed by atoms with Crippen LogP contribution in [-0.4, -0.2) is 18.7 Å². The van der Waals surface area contributed by atoms with E-state index in [1.165, 1.54) is 0 Å². The van der Waals surface area contributed by atoms with Gasteiger partial charge in [-0.3, -0.25) is 4.79 Å². The molecule has 1 saturated carbocycles. The van der Waals surface area contributed by atoms with E-state index >= 15 is 0 Å². The van der Waals surface area contributed by atoms with E-state index in [0.717, 1.165) is 12.2 Å². The molecule has 1 aromatic carbocycles. The number of benzene rings is 1. The first-order valence-corrected chi connectivity index (χ1v) is 5.19. The van der Waals surface area contributed by atoms with Crippen LogP contribution < -0.4 is 4.74 Å². The monoisotopic (exact) mass is 206 g/mol. The molecule has 1 aliphatic carbocycles. The summed E-state index contributed by atoms with van der Waals surface area (Å²) in [5, 5.41) is 0. The Balaban J connectivity index is 1.83. The van der Waals surface area contributed by atoms with Gasteiger partial charge in [-0.2, -0.15) is 0 Å². The Bertz CT molecular complexity index is 334. The molecular formula is C12H14O3. The van der Waals surface area contributed by atoms with Gasteiger partial charge >= 0.3 is 5.97 Å². The second-order valence-corrected chi connectivity index (χ2v) is 3.56. The van der Waals surface area contributed by atoms with Crippen LogP contribution in [0.1, 0.15) is 13.3 Å². The molecule has 1 aromatic rings. The van der Waals surface area contributed by atoms with Crippen LogP contribution in [0.5, 0.6) is 5.75 Å². The summed E-state index contributed by atoms with van der Waals surface area (Å²) in [7, 11) is 0. The second kappa shape index (κ2) is 4.34. The minimum atomic E-state index is -0.140. The molecule has 0 amide bonds. The second-order valence-electron chi connectivity index (χ2n) is 3.56. The molecule has 0 radical (unpaired) electrons. The lowest BCUT2D eigenvalue weighted by Crippen LogP contribution is -2.11. The van der Waals surface area contributed by atoms with Gasteiger partial charge in [-0.25, -0.2) is 0 Å². The Hall–Kier alpha value is -1.51. The van der Waals surface area contributed by atoms with E-state index in [4.69, 9.17) is 9.47 Å². The van der Waals surface area contributed by atoms with Crippen LogP contribution in [0.15, 0.2) is 30.3 Å². The first kappa shape index (κ1) is 10.0. The fourth-order valence-corrected chi connectivity index (χ4v) is 1.47. The Kier molecular flexibility index (Phi) is 2.90. The molecule has 0 saturated heterocycles. The lowest BCUT2D eigenvalue weighted by molar-refractivity contribution is -0.145. The highest BCUT2D eigenvalue weighted by Crippen LogP contribution is 2.35. The van der Waals surface area contributed by atoms with Crippen LogP contribution in [0.4, 0.5) is 0 Å². The Morgan fingerprint density at radius 1 is 1.40 bits per heavy atom. The van der Waals surface area contributed by atoms with Gasteiger partial charge in [0.2, 0.25) is 0 Å². The maximum absolute atomic E-state index is 11.3. The van der Waals surface area contributed by atoms with Crippen LogP contribution in [0, 0.1) is 5.92 Å². The first-order valence-electron chi connectivity index (χ1n) is 5.19. The summed E-state index contributed by atoms with van der Waals surface area (Å²) in [6.45, 7) is 2.25. The lowest BCUT2D eigenvalue weighted by atomic mass is 10.3. The van der Waals surface area contributed by atoms with Crippen molar-refractivity contribution < 1.29 is 14.3 Å². The van der Waals surface area contributed by atoms with E-state index in [-0.39, 0.29) is 18.0 Å². The van der Waals surface area contributed by atoms with E-state index in [9.17, 15) is 4.79 Å². The SMILES string of the molecule is CCOC(=O)[C@@H]1C[C@@H]1Oc1ccccc1. The molecule has 2 atom stereocenters. The van der Waals surface area contributed by atoms with Gasteiger partial charge in [0.1, 0.15) is 11.9 Å². The molecule has 0 aromatic heterocycles. The van der Waals surface area contributed by atoms with Crippen LogP contribution >= 0.6 is 0 Å². The summed E-state index contributed by atoms with van der Waals surface area (Å²) in [5.74, 6) is 0.609. The largest absolute Gasteiger partial charge is 0.490 e. The van der Waals surface area contributed by atoms with Crippen LogP contribution in [0.25, 0.3) is 0 Å².